The highest BCUT2D eigenvalue weighted by molar-refractivity contribution is 5.95. The average Bonchev–Trinajstić information content (AvgIpc) is 3.60. The first-order valence-corrected chi connectivity index (χ1v) is 13.8. The standard InChI is InChI=1S/C27H39N9O6/c28-17(9-10-22(29)37)23(38)35-20(13-15-14-33-18-6-2-1-5-16(15)18)24(39)34-19(7-3-11-32-27(30)31)25(40)36-12-4-8-21(36)26(41)42/h1-2,5-6,14,17,19-21,33H,3-4,7-13,28H2,(H2,29,37)(H,34,39)(H,35,38)(H,41,42)(H4,30,31,32). The fourth-order valence-corrected chi connectivity index (χ4v) is 4.96. The Hall–Kier alpha value is -4.66. The summed E-state index contributed by atoms with van der Waals surface area (Å²) in [5, 5.41) is 15.8. The van der Waals surface area contributed by atoms with Crippen molar-refractivity contribution in [2.75, 3.05) is 13.1 Å². The molecule has 0 saturated carbocycles. The Kier molecular flexibility index (Phi) is 11.2. The molecule has 1 aromatic heterocycles. The second-order valence-electron chi connectivity index (χ2n) is 10.3. The number of hydrogen-bond donors (Lipinski definition) is 8. The van der Waals surface area contributed by atoms with Crippen molar-refractivity contribution in [3.63, 3.8) is 0 Å². The van der Waals surface area contributed by atoms with Crippen LogP contribution >= 0.6 is 0 Å². The van der Waals surface area contributed by atoms with Crippen molar-refractivity contribution in [3.05, 3.63) is 36.0 Å². The number of para-hydroxylation sites is 1. The molecular formula is C27H39N9O6. The lowest BCUT2D eigenvalue weighted by Crippen LogP contribution is -2.57. The Labute approximate surface area is 242 Å². The van der Waals surface area contributed by atoms with Gasteiger partial charge in [-0.25, -0.2) is 4.79 Å². The zero-order valence-electron chi connectivity index (χ0n) is 23.3. The minimum absolute atomic E-state index is 0.0139. The molecule has 0 bridgehead atoms. The predicted octanol–water partition coefficient (Wildman–Crippen LogP) is -1.60. The summed E-state index contributed by atoms with van der Waals surface area (Å²) in [6, 6.07) is 3.07. The summed E-state index contributed by atoms with van der Waals surface area (Å²) in [6.07, 6.45) is 2.91. The summed E-state index contributed by atoms with van der Waals surface area (Å²) in [4.78, 5) is 71.4. The molecular weight excluding hydrogens is 546 g/mol. The van der Waals surface area contributed by atoms with Crippen LogP contribution in [0.1, 0.15) is 44.1 Å². The summed E-state index contributed by atoms with van der Waals surface area (Å²) < 4.78 is 0. The van der Waals surface area contributed by atoms with Crippen LogP contribution in [-0.2, 0) is 30.4 Å². The molecule has 0 radical (unpaired) electrons. The van der Waals surface area contributed by atoms with Crippen molar-refractivity contribution in [1.82, 2.24) is 20.5 Å². The minimum atomic E-state index is -1.15. The van der Waals surface area contributed by atoms with E-state index >= 15 is 0 Å². The molecule has 2 heterocycles. The molecule has 1 fully saturated rings. The number of carboxylic acids is 1. The zero-order chi connectivity index (χ0) is 30.8. The van der Waals surface area contributed by atoms with Crippen LogP contribution in [0.5, 0.6) is 0 Å². The Bertz CT molecular complexity index is 1320. The molecule has 228 valence electrons. The van der Waals surface area contributed by atoms with Gasteiger partial charge in [-0.05, 0) is 43.7 Å². The van der Waals surface area contributed by atoms with Gasteiger partial charge in [0.05, 0.1) is 6.04 Å². The van der Waals surface area contributed by atoms with Crippen molar-refractivity contribution in [1.29, 1.82) is 0 Å². The normalized spacial score (nSPS) is 16.8. The van der Waals surface area contributed by atoms with Gasteiger partial charge in [0.15, 0.2) is 5.96 Å². The fraction of sp³-hybridized carbons (Fsp3) is 0.481. The number of aliphatic carboxylic acids is 1. The number of nitrogens with one attached hydrogen (secondary N) is 3. The number of aliphatic imine (C=N–C) groups is 1. The molecule has 0 aliphatic carbocycles. The highest BCUT2D eigenvalue weighted by Gasteiger charge is 2.38. The van der Waals surface area contributed by atoms with Crippen LogP contribution in [0.2, 0.25) is 0 Å². The van der Waals surface area contributed by atoms with Crippen molar-refractivity contribution in [2.45, 2.75) is 69.1 Å². The largest absolute Gasteiger partial charge is 0.480 e. The number of nitrogens with two attached hydrogens (primary N) is 4. The Morgan fingerprint density at radius 2 is 1.76 bits per heavy atom. The summed E-state index contributed by atoms with van der Waals surface area (Å²) in [5.74, 6) is -3.75. The number of fused-ring (bicyclic) bond motifs is 1. The maximum atomic E-state index is 13.7. The van der Waals surface area contributed by atoms with E-state index in [1.165, 1.54) is 4.90 Å². The fourth-order valence-electron chi connectivity index (χ4n) is 4.96. The Morgan fingerprint density at radius 1 is 1.05 bits per heavy atom. The van der Waals surface area contributed by atoms with E-state index in [1.54, 1.807) is 6.20 Å². The zero-order valence-corrected chi connectivity index (χ0v) is 23.3. The number of hydrogen-bond acceptors (Lipinski definition) is 7. The molecule has 15 heteroatoms. The minimum Gasteiger partial charge on any atom is -0.480 e. The van der Waals surface area contributed by atoms with Gasteiger partial charge in [-0.2, -0.15) is 0 Å². The van der Waals surface area contributed by atoms with E-state index in [0.29, 0.717) is 19.3 Å². The predicted molar refractivity (Wildman–Crippen MR) is 155 cm³/mol. The van der Waals surface area contributed by atoms with Crippen molar-refractivity contribution in [2.24, 2.45) is 27.9 Å². The molecule has 4 atom stereocenters. The number of primary amides is 1. The first-order chi connectivity index (χ1) is 20.0. The summed E-state index contributed by atoms with van der Waals surface area (Å²) in [6.45, 7) is 0.425. The molecule has 4 amide bonds. The van der Waals surface area contributed by atoms with E-state index in [0.717, 1.165) is 16.5 Å². The van der Waals surface area contributed by atoms with Gasteiger partial charge in [0.1, 0.15) is 18.1 Å². The van der Waals surface area contributed by atoms with Crippen LogP contribution in [0.15, 0.2) is 35.5 Å². The van der Waals surface area contributed by atoms with Crippen LogP contribution in [0, 0.1) is 0 Å². The van der Waals surface area contributed by atoms with Crippen LogP contribution in [0.3, 0.4) is 0 Å². The quantitative estimate of drug-likeness (QED) is 0.0678. The number of guanidine groups is 1. The SMILES string of the molecule is NC(=O)CCC(N)C(=O)NC(Cc1c[nH]c2ccccc12)C(=O)NC(CCCN=C(N)N)C(=O)N1CCCC1C(=O)O. The van der Waals surface area contributed by atoms with Gasteiger partial charge < -0.3 is 48.6 Å². The second-order valence-corrected chi connectivity index (χ2v) is 10.3. The lowest BCUT2D eigenvalue weighted by atomic mass is 10.0. The van der Waals surface area contributed by atoms with Gasteiger partial charge in [-0.15, -0.1) is 0 Å². The number of H-pyrrole nitrogens is 1. The smallest absolute Gasteiger partial charge is 0.326 e. The molecule has 4 unspecified atom stereocenters. The molecule has 15 nitrogen and oxygen atoms in total. The van der Waals surface area contributed by atoms with E-state index in [9.17, 15) is 29.1 Å². The first kappa shape index (κ1) is 31.9. The van der Waals surface area contributed by atoms with E-state index in [-0.39, 0.29) is 44.7 Å². The highest BCUT2D eigenvalue weighted by Crippen LogP contribution is 2.21. The van der Waals surface area contributed by atoms with Crippen LogP contribution in [-0.4, -0.2) is 87.8 Å². The van der Waals surface area contributed by atoms with Gasteiger partial charge >= 0.3 is 5.97 Å². The number of aromatic nitrogens is 1. The lowest BCUT2D eigenvalue weighted by Gasteiger charge is -2.29. The second kappa shape index (κ2) is 14.8. The lowest BCUT2D eigenvalue weighted by molar-refractivity contribution is -0.149. The van der Waals surface area contributed by atoms with Gasteiger partial charge in [0.25, 0.3) is 0 Å². The number of aromatic amines is 1. The van der Waals surface area contributed by atoms with E-state index in [2.05, 4.69) is 20.6 Å². The average molecular weight is 586 g/mol. The first-order valence-electron chi connectivity index (χ1n) is 13.8. The summed E-state index contributed by atoms with van der Waals surface area (Å²) in [5.41, 5.74) is 23.5. The molecule has 3 rings (SSSR count). The van der Waals surface area contributed by atoms with E-state index < -0.39 is 53.8 Å². The Balaban J connectivity index is 1.85. The molecule has 1 aliphatic heterocycles. The van der Waals surface area contributed by atoms with Gasteiger partial charge in [0, 0.05) is 43.0 Å². The molecule has 1 aromatic carbocycles. The third-order valence-corrected chi connectivity index (χ3v) is 7.15. The third kappa shape index (κ3) is 8.67. The topological polar surface area (TPSA) is 265 Å². The van der Waals surface area contributed by atoms with Crippen LogP contribution < -0.4 is 33.6 Å². The molecule has 0 spiro atoms. The van der Waals surface area contributed by atoms with Gasteiger partial charge in [-0.1, -0.05) is 18.2 Å². The number of amides is 4. The van der Waals surface area contributed by atoms with Gasteiger partial charge in [-0.3, -0.25) is 24.2 Å². The molecule has 1 saturated heterocycles. The van der Waals surface area contributed by atoms with Gasteiger partial charge in [0.2, 0.25) is 23.6 Å². The molecule has 1 aliphatic rings. The van der Waals surface area contributed by atoms with Crippen molar-refractivity contribution >= 4 is 46.5 Å². The number of nitrogens with zero attached hydrogens (tertiary/aromatic N) is 2. The maximum Gasteiger partial charge on any atom is 0.326 e. The number of carbonyl (C=O) groups is 5. The molecule has 2 aromatic rings. The van der Waals surface area contributed by atoms with E-state index in [1.807, 2.05) is 24.3 Å². The summed E-state index contributed by atoms with van der Waals surface area (Å²) >= 11 is 0. The number of benzene rings is 1. The van der Waals surface area contributed by atoms with Crippen LogP contribution in [0.4, 0.5) is 0 Å². The number of carboxylic acid groups (broad SMARTS) is 1. The Morgan fingerprint density at radius 3 is 2.45 bits per heavy atom. The van der Waals surface area contributed by atoms with E-state index in [4.69, 9.17) is 22.9 Å². The molecule has 42 heavy (non-hydrogen) atoms. The number of rotatable bonds is 15. The number of carbonyl (C=O) groups excluding carboxylic acids is 4. The number of likely N-dealkylation sites (tertiary alicyclic amines) is 1. The molecule has 12 N–H and O–H groups in total. The third-order valence-electron chi connectivity index (χ3n) is 7.15. The maximum absolute atomic E-state index is 13.7. The highest BCUT2D eigenvalue weighted by atomic mass is 16.4. The van der Waals surface area contributed by atoms with Crippen molar-refractivity contribution < 1.29 is 29.1 Å². The monoisotopic (exact) mass is 585 g/mol. The summed E-state index contributed by atoms with van der Waals surface area (Å²) in [7, 11) is 0. The van der Waals surface area contributed by atoms with Crippen molar-refractivity contribution in [3.8, 4) is 0 Å². The van der Waals surface area contributed by atoms with Crippen LogP contribution in [0.25, 0.3) is 10.9 Å².